The molecule has 0 saturated heterocycles. The molecule has 0 fully saturated rings. The number of benzene rings is 3. The van der Waals surface area contributed by atoms with Crippen LogP contribution in [-0.4, -0.2) is 28.4 Å². The largest absolute Gasteiger partial charge is 0.492 e. The molecule has 1 N–H and O–H groups in total. The van der Waals surface area contributed by atoms with Crippen LogP contribution in [0.1, 0.15) is 33.8 Å². The van der Waals surface area contributed by atoms with Gasteiger partial charge in [-0.25, -0.2) is 0 Å². The van der Waals surface area contributed by atoms with Gasteiger partial charge in [-0.1, -0.05) is 53.0 Å². The number of ketones is 1. The summed E-state index contributed by atoms with van der Waals surface area (Å²) in [4.78, 5) is 28.9. The van der Waals surface area contributed by atoms with Crippen LogP contribution in [0.25, 0.3) is 11.3 Å². The van der Waals surface area contributed by atoms with E-state index in [2.05, 4.69) is 4.98 Å². The maximum absolute atomic E-state index is 12.8. The molecular formula is C29H20Cl3NO5. The monoisotopic (exact) mass is 567 g/mol. The summed E-state index contributed by atoms with van der Waals surface area (Å²) in [7, 11) is 0. The fourth-order valence-electron chi connectivity index (χ4n) is 4.25. The lowest BCUT2D eigenvalue weighted by Crippen LogP contribution is -2.21. The Bertz CT molecular complexity index is 1520. The van der Waals surface area contributed by atoms with Crippen molar-refractivity contribution < 1.29 is 24.2 Å². The molecule has 9 heteroatoms. The molecule has 1 unspecified atom stereocenters. The number of carboxylic acids is 1. The van der Waals surface area contributed by atoms with Crippen LogP contribution in [0.4, 0.5) is 0 Å². The van der Waals surface area contributed by atoms with Crippen molar-refractivity contribution in [2.24, 2.45) is 0 Å². The first-order valence-electron chi connectivity index (χ1n) is 11.7. The number of hydrogen-bond donors (Lipinski definition) is 1. The quantitative estimate of drug-likeness (QED) is 0.228. The molecule has 1 aromatic heterocycles. The number of carbonyl (C=O) groups excluding carboxylic acids is 1. The number of pyridine rings is 1. The second-order valence-electron chi connectivity index (χ2n) is 8.74. The van der Waals surface area contributed by atoms with Gasteiger partial charge in [-0.2, -0.15) is 0 Å². The number of carbonyl (C=O) groups is 2. The number of aliphatic carboxylic acids is 1. The molecule has 0 amide bonds. The first-order valence-corrected chi connectivity index (χ1v) is 12.8. The zero-order chi connectivity index (χ0) is 26.8. The van der Waals surface area contributed by atoms with Crippen molar-refractivity contribution in [2.45, 2.75) is 18.8 Å². The summed E-state index contributed by atoms with van der Waals surface area (Å²) < 4.78 is 11.5. The van der Waals surface area contributed by atoms with Crippen molar-refractivity contribution >= 4 is 46.6 Å². The van der Waals surface area contributed by atoms with E-state index in [-0.39, 0.29) is 40.4 Å². The number of Topliss-reactive ketones (excluding diaryl/α,β-unsaturated/α-hetero) is 1. The molecule has 0 aliphatic carbocycles. The summed E-state index contributed by atoms with van der Waals surface area (Å²) >= 11 is 18.9. The van der Waals surface area contributed by atoms with E-state index < -0.39 is 11.9 Å². The van der Waals surface area contributed by atoms with E-state index >= 15 is 0 Å². The van der Waals surface area contributed by atoms with Gasteiger partial charge in [-0.15, -0.1) is 0 Å². The predicted molar refractivity (Wildman–Crippen MR) is 146 cm³/mol. The second kappa shape index (κ2) is 11.0. The summed E-state index contributed by atoms with van der Waals surface area (Å²) in [5.41, 5.74) is 3.38. The van der Waals surface area contributed by atoms with Gasteiger partial charge >= 0.3 is 5.97 Å². The highest BCUT2D eigenvalue weighted by molar-refractivity contribution is 6.38. The fourth-order valence-corrected chi connectivity index (χ4v) is 5.05. The number of aromatic nitrogens is 1. The molecule has 4 aromatic rings. The Balaban J connectivity index is 1.28. The maximum Gasteiger partial charge on any atom is 0.311 e. The van der Waals surface area contributed by atoms with Crippen molar-refractivity contribution in [2.75, 3.05) is 6.61 Å². The number of nitrogens with zero attached hydrogens (tertiary/aromatic N) is 1. The summed E-state index contributed by atoms with van der Waals surface area (Å²) in [5.74, 6) is -0.982. The Morgan fingerprint density at radius 1 is 1.03 bits per heavy atom. The molecule has 0 radical (unpaired) electrons. The van der Waals surface area contributed by atoms with Crippen molar-refractivity contribution in [3.8, 4) is 28.5 Å². The standard InChI is InChI=1S/C29H20Cl3NO5/c30-19-3-1-2-18(13-19)24-9-4-16(15-33-24)12-25(34)17-5-7-20(8-6-17)38-28-23(31)14-22-21(29(35)36)10-11-37-27(22)26(28)32/h1-9,13-15,21H,10-12H2,(H,35,36). The van der Waals surface area contributed by atoms with E-state index in [1.54, 1.807) is 36.5 Å². The summed E-state index contributed by atoms with van der Waals surface area (Å²) in [6.45, 7) is 0.223. The van der Waals surface area contributed by atoms with Gasteiger partial charge < -0.3 is 14.6 Å². The highest BCUT2D eigenvalue weighted by atomic mass is 35.5. The second-order valence-corrected chi connectivity index (χ2v) is 9.96. The summed E-state index contributed by atoms with van der Waals surface area (Å²) in [6, 6.07) is 19.3. The normalized spacial score (nSPS) is 14.3. The molecule has 1 atom stereocenters. The minimum Gasteiger partial charge on any atom is -0.492 e. The minimum absolute atomic E-state index is 0.0770. The van der Waals surface area contributed by atoms with Gasteiger partial charge in [0, 0.05) is 34.3 Å². The van der Waals surface area contributed by atoms with Crippen LogP contribution in [-0.2, 0) is 11.2 Å². The lowest BCUT2D eigenvalue weighted by atomic mass is 9.93. The van der Waals surface area contributed by atoms with Gasteiger partial charge in [-0.05, 0) is 60.5 Å². The Morgan fingerprint density at radius 3 is 2.50 bits per heavy atom. The zero-order valence-electron chi connectivity index (χ0n) is 19.8. The van der Waals surface area contributed by atoms with Crippen LogP contribution in [0.3, 0.4) is 0 Å². The number of rotatable bonds is 7. The molecule has 1 aliphatic heterocycles. The molecule has 5 rings (SSSR count). The average Bonchev–Trinajstić information content (AvgIpc) is 2.91. The van der Waals surface area contributed by atoms with Gasteiger partial charge in [0.25, 0.3) is 0 Å². The number of halogens is 3. The average molecular weight is 569 g/mol. The van der Waals surface area contributed by atoms with Crippen LogP contribution < -0.4 is 9.47 Å². The molecule has 2 heterocycles. The Labute approximate surface area is 233 Å². The molecular weight excluding hydrogens is 549 g/mol. The van der Waals surface area contributed by atoms with Crippen LogP contribution in [0.15, 0.2) is 72.9 Å². The van der Waals surface area contributed by atoms with E-state index in [0.717, 1.165) is 16.8 Å². The minimum atomic E-state index is -0.969. The van der Waals surface area contributed by atoms with E-state index in [9.17, 15) is 14.7 Å². The Kier molecular flexibility index (Phi) is 7.56. The van der Waals surface area contributed by atoms with Gasteiger partial charge in [0.1, 0.15) is 16.5 Å². The number of hydrogen-bond acceptors (Lipinski definition) is 5. The lowest BCUT2D eigenvalue weighted by Gasteiger charge is -2.25. The maximum atomic E-state index is 12.8. The third-order valence-electron chi connectivity index (χ3n) is 6.19. The topological polar surface area (TPSA) is 85.7 Å². The van der Waals surface area contributed by atoms with Gasteiger partial charge in [0.05, 0.1) is 23.2 Å². The van der Waals surface area contributed by atoms with Crippen molar-refractivity contribution in [3.63, 3.8) is 0 Å². The lowest BCUT2D eigenvalue weighted by molar-refractivity contribution is -0.139. The summed E-state index contributed by atoms with van der Waals surface area (Å²) in [6.07, 6.45) is 2.20. The molecule has 0 bridgehead atoms. The third-order valence-corrected chi connectivity index (χ3v) is 7.05. The van der Waals surface area contributed by atoms with E-state index in [0.29, 0.717) is 28.3 Å². The number of ether oxygens (including phenoxy) is 2. The van der Waals surface area contributed by atoms with Gasteiger partial charge in [-0.3, -0.25) is 14.6 Å². The van der Waals surface area contributed by atoms with E-state index in [4.69, 9.17) is 44.3 Å². The molecule has 38 heavy (non-hydrogen) atoms. The van der Waals surface area contributed by atoms with E-state index in [1.165, 1.54) is 6.07 Å². The van der Waals surface area contributed by atoms with Crippen LogP contribution in [0.5, 0.6) is 17.2 Å². The molecule has 3 aromatic carbocycles. The van der Waals surface area contributed by atoms with Gasteiger partial charge in [0.15, 0.2) is 11.5 Å². The highest BCUT2D eigenvalue weighted by Gasteiger charge is 2.32. The molecule has 192 valence electrons. The van der Waals surface area contributed by atoms with Crippen molar-refractivity contribution in [1.82, 2.24) is 4.98 Å². The third kappa shape index (κ3) is 5.48. The van der Waals surface area contributed by atoms with E-state index in [1.807, 2.05) is 30.3 Å². The fraction of sp³-hybridized carbons (Fsp3) is 0.138. The van der Waals surface area contributed by atoms with Crippen LogP contribution >= 0.6 is 34.8 Å². The summed E-state index contributed by atoms with van der Waals surface area (Å²) in [5, 5.41) is 10.4. The highest BCUT2D eigenvalue weighted by Crippen LogP contribution is 2.48. The Hall–Kier alpha value is -3.58. The zero-order valence-corrected chi connectivity index (χ0v) is 22.1. The predicted octanol–water partition coefficient (Wildman–Crippen LogP) is 7.88. The molecule has 6 nitrogen and oxygen atoms in total. The smallest absolute Gasteiger partial charge is 0.311 e. The Morgan fingerprint density at radius 2 is 1.82 bits per heavy atom. The first-order chi connectivity index (χ1) is 18.3. The van der Waals surface area contributed by atoms with Crippen molar-refractivity contribution in [3.05, 3.63) is 105 Å². The van der Waals surface area contributed by atoms with Gasteiger partial charge in [0.2, 0.25) is 0 Å². The number of fused-ring (bicyclic) bond motifs is 1. The SMILES string of the molecule is O=C(Cc1ccc(-c2cccc(Cl)c2)nc1)c1ccc(Oc2c(Cl)cc3c(c2Cl)OCCC3C(=O)O)cc1. The van der Waals surface area contributed by atoms with Crippen LogP contribution in [0, 0.1) is 0 Å². The molecule has 1 aliphatic rings. The number of carboxylic acid groups (broad SMARTS) is 1. The first kappa shape index (κ1) is 26.0. The molecule has 0 spiro atoms. The molecule has 0 saturated carbocycles. The van der Waals surface area contributed by atoms with Crippen LogP contribution in [0.2, 0.25) is 15.1 Å². The van der Waals surface area contributed by atoms with Crippen molar-refractivity contribution in [1.29, 1.82) is 0 Å².